The summed E-state index contributed by atoms with van der Waals surface area (Å²) < 4.78 is 153. The summed E-state index contributed by atoms with van der Waals surface area (Å²) in [5.74, 6) is -23.0. The molecule has 284 valence electrons. The molecular weight excluding hydrogens is 722 g/mol. The predicted octanol–water partition coefficient (Wildman–Crippen LogP) is 9.65. The fourth-order valence-corrected chi connectivity index (χ4v) is 4.51. The number of hydrogen-bond donors (Lipinski definition) is 0. The van der Waals surface area contributed by atoms with Crippen LogP contribution in [0.1, 0.15) is 73.1 Å². The van der Waals surface area contributed by atoms with Crippen LogP contribution in [-0.4, -0.2) is 55.2 Å². The van der Waals surface area contributed by atoms with Gasteiger partial charge < -0.3 is 18.9 Å². The molecule has 0 aliphatic carbocycles. The van der Waals surface area contributed by atoms with Crippen molar-refractivity contribution in [2.24, 2.45) is 0 Å². The number of esters is 3. The summed E-state index contributed by atoms with van der Waals surface area (Å²) in [4.78, 5) is 36.2. The number of rotatable bonds is 17. The Morgan fingerprint density at radius 3 is 2.04 bits per heavy atom. The topological polar surface area (TPSA) is 88.1 Å². The van der Waals surface area contributed by atoms with Gasteiger partial charge in [0.15, 0.2) is 23.2 Å². The number of carbonyl (C=O) groups excluding carboxylic acids is 3. The summed E-state index contributed by atoms with van der Waals surface area (Å²) in [6.45, 7) is 2.38. The van der Waals surface area contributed by atoms with Crippen LogP contribution in [0.5, 0.6) is 11.5 Å². The van der Waals surface area contributed by atoms with Gasteiger partial charge in [0.1, 0.15) is 5.75 Å². The van der Waals surface area contributed by atoms with E-state index in [0.29, 0.717) is 6.42 Å². The molecule has 3 aromatic rings. The molecule has 52 heavy (non-hydrogen) atoms. The van der Waals surface area contributed by atoms with E-state index in [1.807, 2.05) is 0 Å². The number of unbranched alkanes of at least 4 members (excludes halogenated alkanes) is 3. The van der Waals surface area contributed by atoms with E-state index in [9.17, 15) is 53.9 Å². The Balaban J connectivity index is 1.55. The van der Waals surface area contributed by atoms with Crippen LogP contribution in [0.4, 0.5) is 43.9 Å². The first-order valence-electron chi connectivity index (χ1n) is 15.7. The van der Waals surface area contributed by atoms with Crippen LogP contribution in [0.2, 0.25) is 0 Å². The molecule has 0 radical (unpaired) electrons. The monoisotopic (exact) mass is 754 g/mol. The first kappa shape index (κ1) is 41.6. The second kappa shape index (κ2) is 17.6. The van der Waals surface area contributed by atoms with Crippen LogP contribution < -0.4 is 9.47 Å². The largest absolute Gasteiger partial charge is 0.493 e. The molecule has 0 N–H and O–H groups in total. The second-order valence-corrected chi connectivity index (χ2v) is 11.4. The summed E-state index contributed by atoms with van der Waals surface area (Å²) in [5, 5.41) is 0. The molecule has 7 nitrogen and oxygen atoms in total. The van der Waals surface area contributed by atoms with Gasteiger partial charge in [0.25, 0.3) is 0 Å². The Morgan fingerprint density at radius 1 is 0.750 bits per heavy atom. The minimum absolute atomic E-state index is 0.0586. The predicted molar refractivity (Wildman–Crippen MR) is 164 cm³/mol. The van der Waals surface area contributed by atoms with Gasteiger partial charge >= 0.3 is 35.9 Å². The zero-order chi connectivity index (χ0) is 38.9. The fourth-order valence-electron chi connectivity index (χ4n) is 4.51. The van der Waals surface area contributed by atoms with Crippen LogP contribution in [0.15, 0.2) is 54.6 Å². The van der Waals surface area contributed by atoms with Gasteiger partial charge in [-0.05, 0) is 61.7 Å². The summed E-state index contributed by atoms with van der Waals surface area (Å²) >= 11 is 0. The summed E-state index contributed by atoms with van der Waals surface area (Å²) in [6.07, 6.45) is -2.97. The Bertz CT molecular complexity index is 1710. The van der Waals surface area contributed by atoms with Crippen molar-refractivity contribution >= 4 is 17.9 Å². The minimum Gasteiger partial charge on any atom is -0.493 e. The minimum atomic E-state index is -6.70. The van der Waals surface area contributed by atoms with E-state index >= 15 is 4.39 Å². The third kappa shape index (κ3) is 10.2. The molecule has 0 unspecified atom stereocenters. The Labute approximate surface area is 290 Å². The van der Waals surface area contributed by atoms with E-state index in [2.05, 4.69) is 11.7 Å². The van der Waals surface area contributed by atoms with Crippen molar-refractivity contribution in [3.63, 3.8) is 0 Å². The molecule has 0 saturated heterocycles. The number of hydrogen-bond acceptors (Lipinski definition) is 7. The average molecular weight is 755 g/mol. The fraction of sp³-hybridized carbons (Fsp3) is 0.400. The van der Waals surface area contributed by atoms with Gasteiger partial charge in [-0.2, -0.15) is 30.7 Å². The third-order valence-corrected chi connectivity index (χ3v) is 7.41. The quantitative estimate of drug-likeness (QED) is 0.0587. The Morgan fingerprint density at radius 2 is 1.42 bits per heavy atom. The van der Waals surface area contributed by atoms with Gasteiger partial charge in [0, 0.05) is 12.0 Å². The van der Waals surface area contributed by atoms with Crippen molar-refractivity contribution in [3.05, 3.63) is 83.2 Å². The lowest BCUT2D eigenvalue weighted by atomic mass is 10.0. The lowest BCUT2D eigenvalue weighted by Crippen LogP contribution is -2.56. The highest BCUT2D eigenvalue weighted by molar-refractivity contribution is 5.93. The van der Waals surface area contributed by atoms with Crippen molar-refractivity contribution in [2.75, 3.05) is 13.2 Å². The number of benzene rings is 3. The molecule has 0 aliphatic rings. The molecule has 0 heterocycles. The molecule has 1 atom stereocenters. The number of alkyl halides is 7. The first-order valence-corrected chi connectivity index (χ1v) is 15.7. The van der Waals surface area contributed by atoms with Crippen molar-refractivity contribution in [3.8, 4) is 22.6 Å². The van der Waals surface area contributed by atoms with E-state index in [4.69, 9.17) is 14.2 Å². The summed E-state index contributed by atoms with van der Waals surface area (Å²) in [6, 6.07) is 9.81. The summed E-state index contributed by atoms with van der Waals surface area (Å²) in [7, 11) is 0. The zero-order valence-corrected chi connectivity index (χ0v) is 27.6. The second-order valence-electron chi connectivity index (χ2n) is 11.4. The van der Waals surface area contributed by atoms with E-state index in [1.54, 1.807) is 6.92 Å². The molecule has 0 aliphatic heterocycles. The molecule has 0 bridgehead atoms. The van der Waals surface area contributed by atoms with Gasteiger partial charge in [-0.1, -0.05) is 44.4 Å². The zero-order valence-electron chi connectivity index (χ0n) is 27.6. The Hall–Kier alpha value is -4.83. The first-order chi connectivity index (χ1) is 24.3. The van der Waals surface area contributed by atoms with Gasteiger partial charge in [-0.3, -0.25) is 0 Å². The van der Waals surface area contributed by atoms with Gasteiger partial charge in [-0.15, -0.1) is 0 Å². The normalized spacial score (nSPS) is 12.6. The van der Waals surface area contributed by atoms with Gasteiger partial charge in [-0.25, -0.2) is 27.6 Å². The number of halogens is 10. The highest BCUT2D eigenvalue weighted by atomic mass is 19.4. The standard InChI is InChI=1S/C35H32F10O7/c1-3-4-5-6-8-20(2)51-30(46)22-11-16-27(26(36)19-22)52-31(47)25-15-14-24(28(37)29(25)38)21-9-12-23(13-10-21)49-17-7-18-50-32(48)33(39,40)34(41,42)35(43,44)45/h9-16,19-20H,3-8,17-18H2,1-2H3/t20-/m0/s1. The van der Waals surface area contributed by atoms with Crippen molar-refractivity contribution < 1.29 is 77.2 Å². The van der Waals surface area contributed by atoms with Crippen molar-refractivity contribution in [2.45, 2.75) is 76.5 Å². The average Bonchev–Trinajstić information content (AvgIpc) is 3.08. The molecular formula is C35H32F10O7. The van der Waals surface area contributed by atoms with Crippen LogP contribution in [0, 0.1) is 17.5 Å². The van der Waals surface area contributed by atoms with Gasteiger partial charge in [0.2, 0.25) is 0 Å². The molecule has 0 aromatic heterocycles. The van der Waals surface area contributed by atoms with Crippen LogP contribution in [-0.2, 0) is 14.3 Å². The smallest absolute Gasteiger partial charge is 0.460 e. The van der Waals surface area contributed by atoms with Crippen molar-refractivity contribution in [1.82, 2.24) is 0 Å². The van der Waals surface area contributed by atoms with E-state index in [-0.39, 0.29) is 29.0 Å². The molecule has 0 amide bonds. The molecule has 17 heteroatoms. The van der Waals surface area contributed by atoms with Crippen molar-refractivity contribution in [1.29, 1.82) is 0 Å². The van der Waals surface area contributed by atoms with Crippen LogP contribution in [0.25, 0.3) is 11.1 Å². The number of carbonyl (C=O) groups is 3. The maximum Gasteiger partial charge on any atom is 0.460 e. The lowest BCUT2D eigenvalue weighted by molar-refractivity contribution is -0.348. The summed E-state index contributed by atoms with van der Waals surface area (Å²) in [5.41, 5.74) is -1.27. The lowest BCUT2D eigenvalue weighted by Gasteiger charge is -2.26. The van der Waals surface area contributed by atoms with Crippen LogP contribution in [0.3, 0.4) is 0 Å². The Kier molecular flexibility index (Phi) is 14.1. The van der Waals surface area contributed by atoms with E-state index < -0.39 is 83.8 Å². The van der Waals surface area contributed by atoms with E-state index in [1.165, 1.54) is 24.3 Å². The van der Waals surface area contributed by atoms with Gasteiger partial charge in [0.05, 0.1) is 30.4 Å². The molecule has 3 aromatic carbocycles. The molecule has 0 spiro atoms. The highest BCUT2D eigenvalue weighted by Crippen LogP contribution is 2.47. The maximum atomic E-state index is 15.0. The molecule has 3 rings (SSSR count). The highest BCUT2D eigenvalue weighted by Gasteiger charge is 2.77. The molecule has 0 fully saturated rings. The van der Waals surface area contributed by atoms with Crippen LogP contribution >= 0.6 is 0 Å². The SMILES string of the molecule is CCCCCC[C@H](C)OC(=O)c1ccc(OC(=O)c2ccc(-c3ccc(OCCCOC(=O)C(F)(F)C(F)(F)C(F)(F)F)cc3)c(F)c2F)c(F)c1. The third-order valence-electron chi connectivity index (χ3n) is 7.41. The maximum absolute atomic E-state index is 15.0. The van der Waals surface area contributed by atoms with E-state index in [0.717, 1.165) is 56.0 Å². The molecule has 0 saturated carbocycles. The number of ether oxygens (including phenoxy) is 4.